The zero-order chi connectivity index (χ0) is 19.2. The van der Waals surface area contributed by atoms with E-state index in [9.17, 15) is 4.79 Å². The molecule has 6 heteroatoms. The number of benzene rings is 1. The van der Waals surface area contributed by atoms with Gasteiger partial charge in [0.25, 0.3) is 0 Å². The van der Waals surface area contributed by atoms with E-state index >= 15 is 0 Å². The lowest BCUT2D eigenvalue weighted by Crippen LogP contribution is -2.50. The molecule has 27 heavy (non-hydrogen) atoms. The van der Waals surface area contributed by atoms with Crippen molar-refractivity contribution >= 4 is 17.2 Å². The maximum absolute atomic E-state index is 12.7. The Labute approximate surface area is 166 Å². The summed E-state index contributed by atoms with van der Waals surface area (Å²) >= 11 is 1.62. The summed E-state index contributed by atoms with van der Waals surface area (Å²) in [5, 5.41) is 4.25. The van der Waals surface area contributed by atoms with E-state index in [4.69, 9.17) is 0 Å². The Hall–Kier alpha value is -1.76. The van der Waals surface area contributed by atoms with Crippen molar-refractivity contribution < 1.29 is 4.79 Å². The first-order valence-corrected chi connectivity index (χ1v) is 10.6. The third-order valence-corrected chi connectivity index (χ3v) is 6.08. The van der Waals surface area contributed by atoms with Crippen LogP contribution in [0.25, 0.3) is 11.3 Å². The van der Waals surface area contributed by atoms with Crippen molar-refractivity contribution in [2.24, 2.45) is 0 Å². The van der Waals surface area contributed by atoms with Crippen LogP contribution in [-0.4, -0.2) is 66.5 Å². The Balaban J connectivity index is 1.60. The number of hydrogen-bond donors (Lipinski definition) is 1. The van der Waals surface area contributed by atoms with Crippen LogP contribution in [0.1, 0.15) is 23.2 Å². The van der Waals surface area contributed by atoms with Gasteiger partial charge in [-0.3, -0.25) is 9.69 Å². The molecule has 2 heterocycles. The molecule has 1 aromatic carbocycles. The molecule has 1 fully saturated rings. The van der Waals surface area contributed by atoms with E-state index in [0.717, 1.165) is 60.3 Å². The molecule has 0 radical (unpaired) electrons. The van der Waals surface area contributed by atoms with Crippen LogP contribution in [0.5, 0.6) is 0 Å². The lowest BCUT2D eigenvalue weighted by molar-refractivity contribution is -0.121. The van der Waals surface area contributed by atoms with Crippen molar-refractivity contribution in [1.82, 2.24) is 20.1 Å². The molecule has 2 aromatic rings. The first-order chi connectivity index (χ1) is 13.0. The van der Waals surface area contributed by atoms with Gasteiger partial charge in [-0.2, -0.15) is 0 Å². The molecular formula is C21H30N4OS. The predicted molar refractivity (Wildman–Crippen MR) is 112 cm³/mol. The van der Waals surface area contributed by atoms with Crippen molar-refractivity contribution in [3.8, 4) is 11.3 Å². The van der Waals surface area contributed by atoms with Gasteiger partial charge in [0.1, 0.15) is 0 Å². The van der Waals surface area contributed by atoms with E-state index in [2.05, 4.69) is 46.2 Å². The zero-order valence-electron chi connectivity index (χ0n) is 16.6. The summed E-state index contributed by atoms with van der Waals surface area (Å²) in [6, 6.07) is 10.3. The molecule has 1 amide bonds. The van der Waals surface area contributed by atoms with Gasteiger partial charge < -0.3 is 10.2 Å². The number of thiazole rings is 1. The molecule has 146 valence electrons. The summed E-state index contributed by atoms with van der Waals surface area (Å²) in [7, 11) is 2.16. The second kappa shape index (κ2) is 9.44. The highest BCUT2D eigenvalue weighted by Gasteiger charge is 2.20. The lowest BCUT2D eigenvalue weighted by atomic mass is 10.1. The lowest BCUT2D eigenvalue weighted by Gasteiger charge is -2.34. The number of hydrogen-bond acceptors (Lipinski definition) is 5. The minimum atomic E-state index is 0.0943. The number of nitrogens with zero attached hydrogens (tertiary/aromatic N) is 3. The topological polar surface area (TPSA) is 48.5 Å². The van der Waals surface area contributed by atoms with Gasteiger partial charge in [0, 0.05) is 49.2 Å². The van der Waals surface area contributed by atoms with Crippen molar-refractivity contribution in [2.75, 3.05) is 39.8 Å². The summed E-state index contributed by atoms with van der Waals surface area (Å²) in [6.45, 7) is 9.44. The van der Waals surface area contributed by atoms with Gasteiger partial charge in [-0.15, -0.1) is 11.3 Å². The highest BCUT2D eigenvalue weighted by atomic mass is 32.1. The fourth-order valence-electron chi connectivity index (χ4n) is 3.45. The Morgan fingerprint density at radius 1 is 1.22 bits per heavy atom. The number of likely N-dealkylation sites (N-methyl/N-ethyl adjacent to an activating group) is 1. The average molecular weight is 387 g/mol. The van der Waals surface area contributed by atoms with Gasteiger partial charge in [-0.25, -0.2) is 4.98 Å². The first-order valence-electron chi connectivity index (χ1n) is 9.77. The summed E-state index contributed by atoms with van der Waals surface area (Å²) in [5.74, 6) is 0.0943. The normalized spacial score (nSPS) is 17.0. The number of carbonyl (C=O) groups excluding carboxylic acids is 1. The second-order valence-electron chi connectivity index (χ2n) is 7.32. The summed E-state index contributed by atoms with van der Waals surface area (Å²) < 4.78 is 0. The van der Waals surface area contributed by atoms with Gasteiger partial charge in [0.15, 0.2) is 0 Å². The smallest absolute Gasteiger partial charge is 0.225 e. The maximum Gasteiger partial charge on any atom is 0.225 e. The number of amides is 1. The Morgan fingerprint density at radius 3 is 2.59 bits per heavy atom. The predicted octanol–water partition coefficient (Wildman–Crippen LogP) is 2.80. The minimum Gasteiger partial charge on any atom is -0.352 e. The SMILES string of the molecule is CC[C@H](CN1CCN(C)CC1)NC(=O)Cc1sc(C)nc1-c1ccccc1. The van der Waals surface area contributed by atoms with Crippen LogP contribution in [0.2, 0.25) is 0 Å². The number of piperazine rings is 1. The molecule has 1 saturated heterocycles. The van der Waals surface area contributed by atoms with E-state index in [1.165, 1.54) is 0 Å². The molecule has 0 bridgehead atoms. The third-order valence-electron chi connectivity index (χ3n) is 5.11. The van der Waals surface area contributed by atoms with Gasteiger partial charge >= 0.3 is 0 Å². The quantitative estimate of drug-likeness (QED) is 0.795. The van der Waals surface area contributed by atoms with Gasteiger partial charge in [0.2, 0.25) is 5.91 Å². The molecule has 1 aliphatic rings. The third kappa shape index (κ3) is 5.61. The van der Waals surface area contributed by atoms with Crippen molar-refractivity contribution in [3.63, 3.8) is 0 Å². The molecule has 0 unspecified atom stereocenters. The molecule has 1 aliphatic heterocycles. The number of aryl methyl sites for hydroxylation is 1. The molecule has 3 rings (SSSR count). The average Bonchev–Trinajstić information content (AvgIpc) is 3.03. The van der Waals surface area contributed by atoms with Gasteiger partial charge in [-0.1, -0.05) is 37.3 Å². The molecule has 1 atom stereocenters. The summed E-state index contributed by atoms with van der Waals surface area (Å²) in [4.78, 5) is 23.2. The Kier molecular flexibility index (Phi) is 6.99. The largest absolute Gasteiger partial charge is 0.352 e. The van der Waals surface area contributed by atoms with Crippen LogP contribution in [0.3, 0.4) is 0 Å². The maximum atomic E-state index is 12.7. The highest BCUT2D eigenvalue weighted by molar-refractivity contribution is 7.12. The van der Waals surface area contributed by atoms with Crippen molar-refractivity contribution in [3.05, 3.63) is 40.2 Å². The molecule has 5 nitrogen and oxygen atoms in total. The molecule has 0 saturated carbocycles. The summed E-state index contributed by atoms with van der Waals surface area (Å²) in [6.07, 6.45) is 1.35. The zero-order valence-corrected chi connectivity index (χ0v) is 17.4. The number of nitrogens with one attached hydrogen (secondary N) is 1. The van der Waals surface area contributed by atoms with Crippen LogP contribution in [-0.2, 0) is 11.2 Å². The van der Waals surface area contributed by atoms with E-state index in [1.54, 1.807) is 11.3 Å². The van der Waals surface area contributed by atoms with Crippen molar-refractivity contribution in [1.29, 1.82) is 0 Å². The standard InChI is InChI=1S/C21H30N4OS/c1-4-18(15-25-12-10-24(3)11-13-25)23-20(26)14-19-21(22-16(2)27-19)17-8-6-5-7-9-17/h5-9,18H,4,10-15H2,1-3H3,(H,23,26)/t18-/m1/s1. The minimum absolute atomic E-state index is 0.0943. The second-order valence-corrected chi connectivity index (χ2v) is 8.61. The van der Waals surface area contributed by atoms with E-state index in [-0.39, 0.29) is 11.9 Å². The Bertz CT molecular complexity index is 738. The molecule has 1 aromatic heterocycles. The molecule has 1 N–H and O–H groups in total. The fraction of sp³-hybridized carbons (Fsp3) is 0.524. The van der Waals surface area contributed by atoms with Gasteiger partial charge in [-0.05, 0) is 20.4 Å². The van der Waals surface area contributed by atoms with Crippen LogP contribution in [0, 0.1) is 6.92 Å². The van der Waals surface area contributed by atoms with Crippen LogP contribution < -0.4 is 5.32 Å². The molecule has 0 spiro atoms. The van der Waals surface area contributed by atoms with Crippen molar-refractivity contribution in [2.45, 2.75) is 32.7 Å². The highest BCUT2D eigenvalue weighted by Crippen LogP contribution is 2.28. The number of carbonyl (C=O) groups is 1. The molecule has 0 aliphatic carbocycles. The van der Waals surface area contributed by atoms with E-state index in [0.29, 0.717) is 6.42 Å². The monoisotopic (exact) mass is 386 g/mol. The molecular weight excluding hydrogens is 356 g/mol. The van der Waals surface area contributed by atoms with E-state index < -0.39 is 0 Å². The first kappa shape index (κ1) is 20.0. The van der Waals surface area contributed by atoms with Crippen LogP contribution >= 0.6 is 11.3 Å². The Morgan fingerprint density at radius 2 is 1.93 bits per heavy atom. The number of rotatable bonds is 7. The summed E-state index contributed by atoms with van der Waals surface area (Å²) in [5.41, 5.74) is 2.02. The fourth-order valence-corrected chi connectivity index (χ4v) is 4.41. The van der Waals surface area contributed by atoms with E-state index in [1.807, 2.05) is 25.1 Å². The van der Waals surface area contributed by atoms with Gasteiger partial charge in [0.05, 0.1) is 17.1 Å². The van der Waals surface area contributed by atoms with Crippen LogP contribution in [0.4, 0.5) is 0 Å². The number of aromatic nitrogens is 1. The van der Waals surface area contributed by atoms with Crippen LogP contribution in [0.15, 0.2) is 30.3 Å².